The molecule has 124 valence electrons. The summed E-state index contributed by atoms with van der Waals surface area (Å²) in [6.07, 6.45) is 3.41. The fourth-order valence-corrected chi connectivity index (χ4v) is 2.40. The van der Waals surface area contributed by atoms with Crippen LogP contribution in [0, 0.1) is 6.92 Å². The van der Waals surface area contributed by atoms with Crippen LogP contribution in [0.1, 0.15) is 43.7 Å². The number of carbonyl (C=O) groups is 1. The first-order valence-electron chi connectivity index (χ1n) is 8.34. The lowest BCUT2D eigenvalue weighted by Crippen LogP contribution is -2.29. The maximum absolute atomic E-state index is 12.2. The summed E-state index contributed by atoms with van der Waals surface area (Å²) in [5.74, 6) is 1.39. The van der Waals surface area contributed by atoms with E-state index >= 15 is 0 Å². The number of unbranched alkanes of at least 4 members (excludes halogenated alkanes) is 1. The standard InChI is InChI=1S/C19H26N2O2/c1-5-7-12-21(4)18(22)13-17-14(3)23-19(20-17)16-10-8-15(6-2)9-11-16/h8-11H,5-7,12-13H2,1-4H3. The first-order chi connectivity index (χ1) is 11.0. The number of rotatable bonds is 7. The van der Waals surface area contributed by atoms with Crippen molar-refractivity contribution in [2.24, 2.45) is 0 Å². The molecular formula is C19H26N2O2. The molecule has 4 heteroatoms. The van der Waals surface area contributed by atoms with Gasteiger partial charge in [0.25, 0.3) is 0 Å². The molecule has 0 aliphatic carbocycles. The molecule has 0 saturated carbocycles. The maximum atomic E-state index is 12.2. The summed E-state index contributed by atoms with van der Waals surface area (Å²) in [6.45, 7) is 6.91. The predicted octanol–water partition coefficient (Wildman–Crippen LogP) is 4.01. The molecule has 1 aromatic heterocycles. The van der Waals surface area contributed by atoms with Crippen molar-refractivity contribution in [2.45, 2.75) is 46.5 Å². The Morgan fingerprint density at radius 1 is 1.22 bits per heavy atom. The van der Waals surface area contributed by atoms with Crippen LogP contribution in [0.3, 0.4) is 0 Å². The van der Waals surface area contributed by atoms with E-state index in [0.717, 1.165) is 42.8 Å². The van der Waals surface area contributed by atoms with Crippen molar-refractivity contribution in [3.8, 4) is 11.5 Å². The van der Waals surface area contributed by atoms with Crippen molar-refractivity contribution in [1.82, 2.24) is 9.88 Å². The molecule has 0 radical (unpaired) electrons. The number of nitrogens with zero attached hydrogens (tertiary/aromatic N) is 2. The first-order valence-corrected chi connectivity index (χ1v) is 8.34. The molecule has 1 heterocycles. The second-order valence-corrected chi connectivity index (χ2v) is 5.92. The Morgan fingerprint density at radius 3 is 2.52 bits per heavy atom. The highest BCUT2D eigenvalue weighted by Gasteiger charge is 2.16. The van der Waals surface area contributed by atoms with Gasteiger partial charge in [0.1, 0.15) is 5.76 Å². The highest BCUT2D eigenvalue weighted by atomic mass is 16.4. The molecule has 0 aliphatic rings. The van der Waals surface area contributed by atoms with E-state index in [2.05, 4.69) is 31.0 Å². The van der Waals surface area contributed by atoms with Crippen LogP contribution in [0.2, 0.25) is 0 Å². The van der Waals surface area contributed by atoms with Gasteiger partial charge in [-0.25, -0.2) is 4.98 Å². The number of carbonyl (C=O) groups excluding carboxylic acids is 1. The third-order valence-electron chi connectivity index (χ3n) is 4.09. The highest BCUT2D eigenvalue weighted by molar-refractivity contribution is 5.78. The normalized spacial score (nSPS) is 10.8. The summed E-state index contributed by atoms with van der Waals surface area (Å²) >= 11 is 0. The van der Waals surface area contributed by atoms with Crippen molar-refractivity contribution in [2.75, 3.05) is 13.6 Å². The average molecular weight is 314 g/mol. The van der Waals surface area contributed by atoms with Gasteiger partial charge in [0.15, 0.2) is 0 Å². The molecular weight excluding hydrogens is 288 g/mol. The predicted molar refractivity (Wildman–Crippen MR) is 92.3 cm³/mol. The molecule has 0 spiro atoms. The number of hydrogen-bond donors (Lipinski definition) is 0. The van der Waals surface area contributed by atoms with Crippen molar-refractivity contribution < 1.29 is 9.21 Å². The van der Waals surface area contributed by atoms with Gasteiger partial charge in [-0.1, -0.05) is 32.4 Å². The van der Waals surface area contributed by atoms with E-state index in [1.807, 2.05) is 26.1 Å². The van der Waals surface area contributed by atoms with Gasteiger partial charge in [-0.2, -0.15) is 0 Å². The minimum absolute atomic E-state index is 0.0859. The van der Waals surface area contributed by atoms with Gasteiger partial charge in [-0.15, -0.1) is 0 Å². The van der Waals surface area contributed by atoms with Crippen molar-refractivity contribution in [1.29, 1.82) is 0 Å². The van der Waals surface area contributed by atoms with Gasteiger partial charge >= 0.3 is 0 Å². The molecule has 0 saturated heterocycles. The third-order valence-corrected chi connectivity index (χ3v) is 4.09. The number of aromatic nitrogens is 1. The zero-order valence-corrected chi connectivity index (χ0v) is 14.6. The zero-order valence-electron chi connectivity index (χ0n) is 14.6. The SMILES string of the molecule is CCCCN(C)C(=O)Cc1nc(-c2ccc(CC)cc2)oc1C. The second kappa shape index (κ2) is 7.95. The average Bonchev–Trinajstić information content (AvgIpc) is 2.93. The lowest BCUT2D eigenvalue weighted by Gasteiger charge is -2.15. The van der Waals surface area contributed by atoms with Crippen molar-refractivity contribution in [3.63, 3.8) is 0 Å². The minimum Gasteiger partial charge on any atom is -0.441 e. The fraction of sp³-hybridized carbons (Fsp3) is 0.474. The molecule has 4 nitrogen and oxygen atoms in total. The number of hydrogen-bond acceptors (Lipinski definition) is 3. The quantitative estimate of drug-likeness (QED) is 0.775. The topological polar surface area (TPSA) is 46.3 Å². The summed E-state index contributed by atoms with van der Waals surface area (Å²) in [4.78, 5) is 18.5. The Hall–Kier alpha value is -2.10. The maximum Gasteiger partial charge on any atom is 0.228 e. The molecule has 0 atom stereocenters. The summed E-state index contributed by atoms with van der Waals surface area (Å²) in [5.41, 5.74) is 2.96. The monoisotopic (exact) mass is 314 g/mol. The van der Waals surface area contributed by atoms with Crippen molar-refractivity contribution in [3.05, 3.63) is 41.3 Å². The Labute approximate surface area is 138 Å². The number of benzene rings is 1. The van der Waals surface area contributed by atoms with Crippen molar-refractivity contribution >= 4 is 5.91 Å². The van der Waals surface area contributed by atoms with E-state index < -0.39 is 0 Å². The van der Waals surface area contributed by atoms with Crippen LogP contribution in [-0.4, -0.2) is 29.4 Å². The molecule has 0 fully saturated rings. The summed E-state index contributed by atoms with van der Waals surface area (Å²) < 4.78 is 5.75. The Bertz CT molecular complexity index is 644. The number of aryl methyl sites for hydroxylation is 2. The number of likely N-dealkylation sites (N-methyl/N-ethyl adjacent to an activating group) is 1. The molecule has 1 aromatic carbocycles. The van der Waals surface area contributed by atoms with E-state index in [4.69, 9.17) is 4.42 Å². The number of oxazole rings is 1. The Balaban J connectivity index is 2.09. The van der Waals surface area contributed by atoms with Crippen LogP contribution in [0.15, 0.2) is 28.7 Å². The number of amides is 1. The summed E-state index contributed by atoms with van der Waals surface area (Å²) in [5, 5.41) is 0. The van der Waals surface area contributed by atoms with E-state index in [1.165, 1.54) is 5.56 Å². The molecule has 23 heavy (non-hydrogen) atoms. The molecule has 0 bridgehead atoms. The zero-order chi connectivity index (χ0) is 16.8. The molecule has 0 aliphatic heterocycles. The van der Waals surface area contributed by atoms with Gasteiger partial charge in [-0.3, -0.25) is 4.79 Å². The van der Waals surface area contributed by atoms with E-state index in [-0.39, 0.29) is 5.91 Å². The first kappa shape index (κ1) is 17.3. The molecule has 0 unspecified atom stereocenters. The summed E-state index contributed by atoms with van der Waals surface area (Å²) in [7, 11) is 1.85. The van der Waals surface area contributed by atoms with E-state index in [0.29, 0.717) is 12.3 Å². The largest absolute Gasteiger partial charge is 0.441 e. The highest BCUT2D eigenvalue weighted by Crippen LogP contribution is 2.23. The van der Waals surface area contributed by atoms with Gasteiger partial charge in [0.2, 0.25) is 11.8 Å². The second-order valence-electron chi connectivity index (χ2n) is 5.92. The van der Waals surface area contributed by atoms with E-state index in [9.17, 15) is 4.79 Å². The molecule has 2 aromatic rings. The van der Waals surface area contributed by atoms with Crippen LogP contribution in [-0.2, 0) is 17.6 Å². The smallest absolute Gasteiger partial charge is 0.228 e. The molecule has 2 rings (SSSR count). The van der Waals surface area contributed by atoms with Gasteiger partial charge in [0, 0.05) is 19.2 Å². The van der Waals surface area contributed by atoms with Gasteiger partial charge in [0.05, 0.1) is 12.1 Å². The molecule has 0 N–H and O–H groups in total. The third kappa shape index (κ3) is 4.44. The molecule has 1 amide bonds. The van der Waals surface area contributed by atoms with Gasteiger partial charge < -0.3 is 9.32 Å². The Morgan fingerprint density at radius 2 is 1.91 bits per heavy atom. The lowest BCUT2D eigenvalue weighted by atomic mass is 10.1. The lowest BCUT2D eigenvalue weighted by molar-refractivity contribution is -0.129. The fourth-order valence-electron chi connectivity index (χ4n) is 2.40. The van der Waals surface area contributed by atoms with Crippen LogP contribution in [0.5, 0.6) is 0 Å². The van der Waals surface area contributed by atoms with Gasteiger partial charge in [-0.05, 0) is 37.5 Å². The minimum atomic E-state index is 0.0859. The van der Waals surface area contributed by atoms with Crippen LogP contribution >= 0.6 is 0 Å². The van der Waals surface area contributed by atoms with Crippen LogP contribution in [0.25, 0.3) is 11.5 Å². The van der Waals surface area contributed by atoms with Crippen LogP contribution in [0.4, 0.5) is 0 Å². The van der Waals surface area contributed by atoms with Crippen LogP contribution < -0.4 is 0 Å². The van der Waals surface area contributed by atoms with E-state index in [1.54, 1.807) is 4.90 Å². The Kier molecular flexibility index (Phi) is 5.97. The summed E-state index contributed by atoms with van der Waals surface area (Å²) in [6, 6.07) is 8.20.